The van der Waals surface area contributed by atoms with Crippen LogP contribution in [0.3, 0.4) is 0 Å². The molecule has 1 saturated carbocycles. The van der Waals surface area contributed by atoms with E-state index in [9.17, 15) is 0 Å². The quantitative estimate of drug-likeness (QED) is 0.917. The number of hydrogen-bond acceptors (Lipinski definition) is 4. The van der Waals surface area contributed by atoms with Crippen LogP contribution in [0.2, 0.25) is 0 Å². The van der Waals surface area contributed by atoms with Crippen molar-refractivity contribution in [1.82, 2.24) is 15.5 Å². The summed E-state index contributed by atoms with van der Waals surface area (Å²) in [6, 6.07) is 3.93. The molecule has 1 aromatic heterocycles. The summed E-state index contributed by atoms with van der Waals surface area (Å²) in [7, 11) is 0. The molecule has 1 N–H and O–H groups in total. The Balaban J connectivity index is 1.88. The molecule has 0 aliphatic heterocycles. The molecule has 0 bridgehead atoms. The minimum atomic E-state index is 0.0916. The third-order valence-corrected chi connectivity index (χ3v) is 3.80. The molecule has 2 unspecified atom stereocenters. The predicted molar refractivity (Wildman–Crippen MR) is 80.7 cm³/mol. The molecule has 0 aromatic carbocycles. The Morgan fingerprint density at radius 2 is 1.95 bits per heavy atom. The zero-order valence-electron chi connectivity index (χ0n) is 13.1. The van der Waals surface area contributed by atoms with Crippen molar-refractivity contribution in [2.75, 3.05) is 0 Å². The Morgan fingerprint density at radius 1 is 1.20 bits per heavy atom. The zero-order valence-corrected chi connectivity index (χ0v) is 13.1. The fraction of sp³-hybridized carbons (Fsp3) is 0.750. The summed E-state index contributed by atoms with van der Waals surface area (Å²) < 4.78 is 5.97. The highest BCUT2D eigenvalue weighted by molar-refractivity contribution is 5.12. The van der Waals surface area contributed by atoms with Gasteiger partial charge in [0, 0.05) is 18.2 Å². The van der Waals surface area contributed by atoms with Crippen molar-refractivity contribution in [3.05, 3.63) is 17.8 Å². The van der Waals surface area contributed by atoms with Crippen LogP contribution < -0.4 is 10.1 Å². The van der Waals surface area contributed by atoms with Crippen LogP contribution in [0.4, 0.5) is 0 Å². The molecule has 2 rings (SSSR count). The number of ether oxygens (including phenoxy) is 1. The van der Waals surface area contributed by atoms with Crippen molar-refractivity contribution in [2.45, 2.75) is 71.6 Å². The number of nitrogens with one attached hydrogen (secondary N) is 1. The second kappa shape index (κ2) is 6.53. The van der Waals surface area contributed by atoms with Crippen molar-refractivity contribution in [1.29, 1.82) is 0 Å². The van der Waals surface area contributed by atoms with E-state index in [0.29, 0.717) is 17.9 Å². The van der Waals surface area contributed by atoms with E-state index in [1.54, 1.807) is 0 Å². The SMILES string of the molecule is CC1CCCCC1Oc1ccc(CNC(C)(C)C)nn1. The monoisotopic (exact) mass is 277 g/mol. The molecule has 1 aliphatic carbocycles. The fourth-order valence-electron chi connectivity index (χ4n) is 2.47. The lowest BCUT2D eigenvalue weighted by Crippen LogP contribution is -2.35. The molecular weight excluding hydrogens is 250 g/mol. The Morgan fingerprint density at radius 3 is 2.55 bits per heavy atom. The first-order valence-corrected chi connectivity index (χ1v) is 7.68. The number of hydrogen-bond donors (Lipinski definition) is 1. The van der Waals surface area contributed by atoms with Crippen LogP contribution in [-0.2, 0) is 6.54 Å². The second-order valence-corrected chi connectivity index (χ2v) is 6.88. The average Bonchev–Trinajstić information content (AvgIpc) is 2.40. The van der Waals surface area contributed by atoms with Gasteiger partial charge in [-0.2, -0.15) is 5.10 Å². The summed E-state index contributed by atoms with van der Waals surface area (Å²) in [5.41, 5.74) is 1.04. The van der Waals surface area contributed by atoms with E-state index in [2.05, 4.69) is 43.2 Å². The molecule has 20 heavy (non-hydrogen) atoms. The van der Waals surface area contributed by atoms with Gasteiger partial charge in [-0.3, -0.25) is 0 Å². The molecule has 0 radical (unpaired) electrons. The van der Waals surface area contributed by atoms with E-state index in [0.717, 1.165) is 18.7 Å². The smallest absolute Gasteiger partial charge is 0.233 e. The lowest BCUT2D eigenvalue weighted by atomic mass is 9.88. The number of aromatic nitrogens is 2. The van der Waals surface area contributed by atoms with Gasteiger partial charge in [-0.25, -0.2) is 0 Å². The lowest BCUT2D eigenvalue weighted by molar-refractivity contribution is 0.0963. The molecule has 1 aromatic rings. The molecule has 0 amide bonds. The van der Waals surface area contributed by atoms with Crippen LogP contribution in [0.1, 0.15) is 59.1 Å². The minimum absolute atomic E-state index is 0.0916. The fourth-order valence-corrected chi connectivity index (χ4v) is 2.47. The summed E-state index contributed by atoms with van der Waals surface area (Å²) in [6.07, 6.45) is 5.28. The van der Waals surface area contributed by atoms with E-state index in [4.69, 9.17) is 4.74 Å². The molecule has 1 heterocycles. The van der Waals surface area contributed by atoms with Gasteiger partial charge in [0.1, 0.15) is 6.10 Å². The summed E-state index contributed by atoms with van der Waals surface area (Å²) in [5.74, 6) is 1.27. The van der Waals surface area contributed by atoms with E-state index in [-0.39, 0.29) is 5.54 Å². The highest BCUT2D eigenvalue weighted by atomic mass is 16.5. The topological polar surface area (TPSA) is 47.0 Å². The van der Waals surface area contributed by atoms with Crippen LogP contribution in [0.5, 0.6) is 5.88 Å². The van der Waals surface area contributed by atoms with Gasteiger partial charge >= 0.3 is 0 Å². The molecule has 4 heteroatoms. The third kappa shape index (κ3) is 4.75. The minimum Gasteiger partial charge on any atom is -0.473 e. The van der Waals surface area contributed by atoms with Crippen LogP contribution in [0.15, 0.2) is 12.1 Å². The van der Waals surface area contributed by atoms with Gasteiger partial charge in [0.2, 0.25) is 5.88 Å². The summed E-state index contributed by atoms with van der Waals surface area (Å²) in [6.45, 7) is 9.42. The highest BCUT2D eigenvalue weighted by Gasteiger charge is 2.23. The summed E-state index contributed by atoms with van der Waals surface area (Å²) >= 11 is 0. The predicted octanol–water partition coefficient (Wildman–Crippen LogP) is 3.32. The average molecular weight is 277 g/mol. The van der Waals surface area contributed by atoms with E-state index < -0.39 is 0 Å². The Labute approximate surface area is 122 Å². The van der Waals surface area contributed by atoms with E-state index in [1.165, 1.54) is 19.3 Å². The van der Waals surface area contributed by atoms with Crippen LogP contribution >= 0.6 is 0 Å². The number of nitrogens with zero attached hydrogens (tertiary/aromatic N) is 2. The molecule has 2 atom stereocenters. The first-order valence-electron chi connectivity index (χ1n) is 7.68. The van der Waals surface area contributed by atoms with Crippen LogP contribution in [0, 0.1) is 5.92 Å². The molecule has 1 fully saturated rings. The molecule has 1 aliphatic rings. The highest BCUT2D eigenvalue weighted by Crippen LogP contribution is 2.27. The molecule has 112 valence electrons. The molecule has 4 nitrogen and oxygen atoms in total. The van der Waals surface area contributed by atoms with Gasteiger partial charge in [-0.1, -0.05) is 13.3 Å². The Kier molecular flexibility index (Phi) is 4.97. The Hall–Kier alpha value is -1.16. The van der Waals surface area contributed by atoms with Crippen molar-refractivity contribution in [3.63, 3.8) is 0 Å². The number of rotatable bonds is 4. The van der Waals surface area contributed by atoms with Gasteiger partial charge in [-0.05, 0) is 52.0 Å². The maximum atomic E-state index is 5.97. The molecule has 0 spiro atoms. The van der Waals surface area contributed by atoms with Gasteiger partial charge in [0.25, 0.3) is 0 Å². The van der Waals surface area contributed by atoms with Crippen molar-refractivity contribution in [3.8, 4) is 5.88 Å². The van der Waals surface area contributed by atoms with Crippen LogP contribution in [-0.4, -0.2) is 21.8 Å². The maximum Gasteiger partial charge on any atom is 0.233 e. The molecule has 0 saturated heterocycles. The maximum absolute atomic E-state index is 5.97. The Bertz CT molecular complexity index is 411. The van der Waals surface area contributed by atoms with Crippen molar-refractivity contribution in [2.24, 2.45) is 5.92 Å². The van der Waals surface area contributed by atoms with E-state index >= 15 is 0 Å². The van der Waals surface area contributed by atoms with Gasteiger partial charge < -0.3 is 10.1 Å². The van der Waals surface area contributed by atoms with Gasteiger partial charge in [0.05, 0.1) is 5.69 Å². The van der Waals surface area contributed by atoms with Crippen LogP contribution in [0.25, 0.3) is 0 Å². The summed E-state index contributed by atoms with van der Waals surface area (Å²) in [4.78, 5) is 0. The second-order valence-electron chi connectivity index (χ2n) is 6.88. The van der Waals surface area contributed by atoms with Crippen molar-refractivity contribution >= 4 is 0 Å². The first-order chi connectivity index (χ1) is 9.44. The normalized spacial score (nSPS) is 23.6. The zero-order chi connectivity index (χ0) is 14.6. The third-order valence-electron chi connectivity index (χ3n) is 3.80. The molecular formula is C16H27N3O. The van der Waals surface area contributed by atoms with Crippen molar-refractivity contribution < 1.29 is 4.74 Å². The summed E-state index contributed by atoms with van der Waals surface area (Å²) in [5, 5.41) is 11.8. The first kappa shape index (κ1) is 15.2. The largest absolute Gasteiger partial charge is 0.473 e. The van der Waals surface area contributed by atoms with E-state index in [1.807, 2.05) is 12.1 Å². The lowest BCUT2D eigenvalue weighted by Gasteiger charge is -2.28. The van der Waals surface area contributed by atoms with Gasteiger partial charge in [-0.15, -0.1) is 5.10 Å². The van der Waals surface area contributed by atoms with Gasteiger partial charge in [0.15, 0.2) is 0 Å². The standard InChI is InChI=1S/C16H27N3O/c1-12-7-5-6-8-14(12)20-15-10-9-13(18-19-15)11-17-16(2,3)4/h9-10,12,14,17H,5-8,11H2,1-4H3.